The van der Waals surface area contributed by atoms with Crippen LogP contribution in [-0.2, 0) is 17.9 Å². The number of ether oxygens (including phenoxy) is 3. The largest absolute Gasteiger partial charge is 0.497 e. The van der Waals surface area contributed by atoms with Gasteiger partial charge in [-0.25, -0.2) is 4.68 Å². The zero-order valence-electron chi connectivity index (χ0n) is 26.8. The molecule has 0 radical (unpaired) electrons. The molecule has 5 aromatic rings. The fourth-order valence-electron chi connectivity index (χ4n) is 5.35. The number of ketones is 1. The van der Waals surface area contributed by atoms with Crippen molar-refractivity contribution in [1.82, 2.24) is 15.0 Å². The highest BCUT2D eigenvalue weighted by Gasteiger charge is 2.29. The number of oxime groups is 1. The van der Waals surface area contributed by atoms with Crippen molar-refractivity contribution in [3.8, 4) is 22.9 Å². The number of benzene rings is 4. The van der Waals surface area contributed by atoms with Gasteiger partial charge in [0.25, 0.3) is 0 Å². The summed E-state index contributed by atoms with van der Waals surface area (Å²) in [6, 6.07) is 28.3. The Bertz CT molecular complexity index is 1910. The Morgan fingerprint density at radius 1 is 0.957 bits per heavy atom. The Kier molecular flexibility index (Phi) is 9.43. The van der Waals surface area contributed by atoms with Crippen LogP contribution < -0.4 is 14.2 Å². The maximum atomic E-state index is 12.8. The van der Waals surface area contributed by atoms with Gasteiger partial charge in [0, 0.05) is 29.2 Å². The average Bonchev–Trinajstić information content (AvgIpc) is 3.59. The molecule has 1 aliphatic heterocycles. The SMILES string of the molecule is COc1ccc([C@@H]2C/C(=N/OCc3cn(-c4ccc(C(=O)c5ccccc5)cc4)nn3)c3cc(CC=C(C)C)c(OC)cc3O2)cc1. The number of carbonyl (C=O) groups is 1. The van der Waals surface area contributed by atoms with Crippen LogP contribution in [0.3, 0.4) is 0 Å². The Balaban J connectivity index is 1.21. The summed E-state index contributed by atoms with van der Waals surface area (Å²) in [7, 11) is 3.31. The second-order valence-corrected chi connectivity index (χ2v) is 11.4. The second kappa shape index (κ2) is 14.2. The second-order valence-electron chi connectivity index (χ2n) is 11.4. The zero-order chi connectivity index (χ0) is 32.8. The summed E-state index contributed by atoms with van der Waals surface area (Å²) in [6.45, 7) is 4.27. The van der Waals surface area contributed by atoms with E-state index in [9.17, 15) is 4.79 Å². The first kappa shape index (κ1) is 31.3. The van der Waals surface area contributed by atoms with Gasteiger partial charge >= 0.3 is 0 Å². The third kappa shape index (κ3) is 7.25. The van der Waals surface area contributed by atoms with Crippen LogP contribution in [-0.4, -0.2) is 40.7 Å². The quantitative estimate of drug-likeness (QED) is 0.0851. The summed E-state index contributed by atoms with van der Waals surface area (Å²) in [4.78, 5) is 18.7. The average molecular weight is 629 g/mol. The van der Waals surface area contributed by atoms with E-state index in [0.717, 1.165) is 46.0 Å². The third-order valence-corrected chi connectivity index (χ3v) is 7.92. The van der Waals surface area contributed by atoms with Gasteiger partial charge in [-0.2, -0.15) is 0 Å². The lowest BCUT2D eigenvalue weighted by atomic mass is 9.93. The number of hydrogen-bond donors (Lipinski definition) is 0. The first-order chi connectivity index (χ1) is 22.9. The van der Waals surface area contributed by atoms with Crippen LogP contribution in [0.4, 0.5) is 0 Å². The van der Waals surface area contributed by atoms with E-state index >= 15 is 0 Å². The number of carbonyl (C=O) groups excluding carboxylic acids is 1. The Morgan fingerprint density at radius 3 is 2.40 bits per heavy atom. The standard InChI is InChI=1S/C38H36N4O5/c1-25(2)10-11-29-20-33-34(21-36(47-37(33)22-35(29)45-4)26-14-18-32(44-3)19-15-26)40-46-24-30-23-42(41-39-30)31-16-12-28(13-17-31)38(43)27-8-6-5-7-9-27/h5-10,12-20,22-23,36H,11,21,24H2,1-4H3/b40-34-/t36-/m0/s1. The van der Waals surface area contributed by atoms with E-state index in [4.69, 9.17) is 19.0 Å². The smallest absolute Gasteiger partial charge is 0.193 e. The molecule has 1 atom stereocenters. The lowest BCUT2D eigenvalue weighted by molar-refractivity contribution is 0.103. The summed E-state index contributed by atoms with van der Waals surface area (Å²) in [5.74, 6) is 2.18. The highest BCUT2D eigenvalue weighted by molar-refractivity contribution is 6.09. The van der Waals surface area contributed by atoms with E-state index in [1.807, 2.05) is 72.8 Å². The molecule has 0 fully saturated rings. The molecule has 0 amide bonds. The molecule has 6 rings (SSSR count). The van der Waals surface area contributed by atoms with Crippen molar-refractivity contribution in [3.05, 3.63) is 142 Å². The van der Waals surface area contributed by atoms with E-state index in [2.05, 4.69) is 41.5 Å². The van der Waals surface area contributed by atoms with Crippen LogP contribution in [0.2, 0.25) is 0 Å². The van der Waals surface area contributed by atoms with Crippen molar-refractivity contribution in [2.75, 3.05) is 14.2 Å². The maximum Gasteiger partial charge on any atom is 0.193 e. The maximum absolute atomic E-state index is 12.8. The molecular formula is C38H36N4O5. The molecule has 9 heteroatoms. The molecule has 0 bridgehead atoms. The number of hydrogen-bond acceptors (Lipinski definition) is 8. The normalized spacial score (nSPS) is 14.6. The number of allylic oxidation sites excluding steroid dienone is 2. The predicted octanol–water partition coefficient (Wildman–Crippen LogP) is 7.47. The summed E-state index contributed by atoms with van der Waals surface area (Å²) >= 11 is 0. The minimum atomic E-state index is -0.276. The van der Waals surface area contributed by atoms with E-state index in [-0.39, 0.29) is 18.5 Å². The van der Waals surface area contributed by atoms with Crippen LogP contribution in [0.5, 0.6) is 17.2 Å². The minimum Gasteiger partial charge on any atom is -0.497 e. The summed E-state index contributed by atoms with van der Waals surface area (Å²) in [6.07, 6.45) is 4.91. The van der Waals surface area contributed by atoms with Crippen LogP contribution in [0.1, 0.15) is 64.7 Å². The number of methoxy groups -OCH3 is 2. The van der Waals surface area contributed by atoms with Gasteiger partial charge in [0.15, 0.2) is 12.4 Å². The minimum absolute atomic E-state index is 0.0321. The van der Waals surface area contributed by atoms with Crippen molar-refractivity contribution >= 4 is 11.5 Å². The van der Waals surface area contributed by atoms with Crippen LogP contribution in [0.25, 0.3) is 5.69 Å². The van der Waals surface area contributed by atoms with Gasteiger partial charge in [-0.3, -0.25) is 4.79 Å². The highest BCUT2D eigenvalue weighted by atomic mass is 16.6. The molecule has 238 valence electrons. The number of rotatable bonds is 11. The van der Waals surface area contributed by atoms with Crippen molar-refractivity contribution < 1.29 is 23.8 Å². The van der Waals surface area contributed by atoms with Crippen LogP contribution in [0, 0.1) is 0 Å². The van der Waals surface area contributed by atoms with Crippen molar-refractivity contribution in [2.45, 2.75) is 39.4 Å². The van der Waals surface area contributed by atoms with Gasteiger partial charge < -0.3 is 19.0 Å². The van der Waals surface area contributed by atoms with Gasteiger partial charge in [0.2, 0.25) is 0 Å². The number of aromatic nitrogens is 3. The molecule has 0 saturated heterocycles. The lowest BCUT2D eigenvalue weighted by Gasteiger charge is -2.28. The molecule has 4 aromatic carbocycles. The van der Waals surface area contributed by atoms with Gasteiger partial charge in [-0.05, 0) is 73.9 Å². The molecular weight excluding hydrogens is 592 g/mol. The van der Waals surface area contributed by atoms with Crippen LogP contribution >= 0.6 is 0 Å². The van der Waals surface area contributed by atoms with Gasteiger partial charge in [-0.1, -0.05) is 64.5 Å². The van der Waals surface area contributed by atoms with Crippen molar-refractivity contribution in [2.24, 2.45) is 5.16 Å². The van der Waals surface area contributed by atoms with Crippen molar-refractivity contribution in [3.63, 3.8) is 0 Å². The number of nitrogens with zero attached hydrogens (tertiary/aromatic N) is 4. The van der Waals surface area contributed by atoms with Gasteiger partial charge in [0.1, 0.15) is 29.0 Å². The molecule has 47 heavy (non-hydrogen) atoms. The third-order valence-electron chi connectivity index (χ3n) is 7.92. The van der Waals surface area contributed by atoms with Gasteiger partial charge in [-0.15, -0.1) is 5.10 Å². The molecule has 0 aliphatic carbocycles. The van der Waals surface area contributed by atoms with Crippen LogP contribution in [0.15, 0.2) is 114 Å². The molecule has 0 saturated carbocycles. The fourth-order valence-corrected chi connectivity index (χ4v) is 5.35. The highest BCUT2D eigenvalue weighted by Crippen LogP contribution is 2.40. The summed E-state index contributed by atoms with van der Waals surface area (Å²) in [5, 5.41) is 13.1. The van der Waals surface area contributed by atoms with E-state index in [1.54, 1.807) is 37.2 Å². The first-order valence-corrected chi connectivity index (χ1v) is 15.4. The molecule has 1 aliphatic rings. The monoisotopic (exact) mass is 628 g/mol. The molecule has 1 aromatic heterocycles. The Hall–Kier alpha value is -5.70. The van der Waals surface area contributed by atoms with Gasteiger partial charge in [0.05, 0.1) is 31.8 Å². The topological polar surface area (TPSA) is 97.1 Å². The van der Waals surface area contributed by atoms with Crippen molar-refractivity contribution in [1.29, 1.82) is 0 Å². The molecule has 0 N–H and O–H groups in total. The predicted molar refractivity (Wildman–Crippen MR) is 180 cm³/mol. The molecule has 0 unspecified atom stereocenters. The number of fused-ring (bicyclic) bond motifs is 1. The van der Waals surface area contributed by atoms with E-state index in [0.29, 0.717) is 29.0 Å². The lowest BCUT2D eigenvalue weighted by Crippen LogP contribution is -2.22. The molecule has 9 nitrogen and oxygen atoms in total. The molecule has 2 heterocycles. The summed E-state index contributed by atoms with van der Waals surface area (Å²) in [5.41, 5.74) is 7.51. The fraction of sp³-hybridized carbons (Fsp3) is 0.211. The zero-order valence-corrected chi connectivity index (χ0v) is 26.8. The Labute approximate surface area is 274 Å². The van der Waals surface area contributed by atoms with E-state index in [1.165, 1.54) is 5.57 Å². The Morgan fingerprint density at radius 2 is 1.70 bits per heavy atom. The van der Waals surface area contributed by atoms with E-state index < -0.39 is 0 Å². The summed E-state index contributed by atoms with van der Waals surface area (Å²) < 4.78 is 19.2. The first-order valence-electron chi connectivity index (χ1n) is 15.4. The molecule has 0 spiro atoms.